The predicted octanol–water partition coefficient (Wildman–Crippen LogP) is 2.00. The van der Waals surface area contributed by atoms with Crippen molar-refractivity contribution in [2.75, 3.05) is 14.1 Å². The highest BCUT2D eigenvalue weighted by Gasteiger charge is 2.77. The monoisotopic (exact) mass is 261 g/mol. The molecule has 0 aromatic heterocycles. The van der Waals surface area contributed by atoms with Gasteiger partial charge in [0.1, 0.15) is 0 Å². The molecule has 0 saturated heterocycles. The molecule has 0 fully saturated rings. The molecule has 0 amide bonds. The Morgan fingerprint density at radius 2 is 1.13 bits per heavy atom. The largest absolute Gasteiger partial charge is 0.445 e. The predicted molar refractivity (Wildman–Crippen MR) is 37.8 cm³/mol. The molecule has 0 aliphatic heterocycles. The van der Waals surface area contributed by atoms with Crippen molar-refractivity contribution >= 4 is 11.0 Å². The molecule has 1 unspecified atom stereocenters. The van der Waals surface area contributed by atoms with Crippen LogP contribution in [0.4, 0.5) is 30.7 Å². The van der Waals surface area contributed by atoms with Crippen LogP contribution in [0.5, 0.6) is 0 Å². The van der Waals surface area contributed by atoms with E-state index >= 15 is 0 Å². The molecule has 0 heterocycles. The average molecular weight is 261 g/mol. The minimum absolute atomic E-state index is 0.000972. The van der Waals surface area contributed by atoms with E-state index in [1.54, 1.807) is 0 Å². The Labute approximate surface area is 82.6 Å². The molecule has 0 N–H and O–H groups in total. The maximum Gasteiger partial charge on any atom is 0.445 e. The van der Waals surface area contributed by atoms with Crippen molar-refractivity contribution < 1.29 is 34.9 Å². The van der Waals surface area contributed by atoms with E-state index in [4.69, 9.17) is 0 Å². The Bertz CT molecular complexity index is 243. The Morgan fingerprint density at radius 3 is 1.20 bits per heavy atom. The lowest BCUT2D eigenvalue weighted by Gasteiger charge is -2.30. The molecule has 0 aliphatic rings. The smallest absolute Gasteiger partial charge is 0.239 e. The van der Waals surface area contributed by atoms with E-state index < -0.39 is 28.3 Å². The summed E-state index contributed by atoms with van der Waals surface area (Å²) in [5.74, 6) is 0. The standard InChI is InChI=1S/C5H6F7NOS/c1-13(2)15(14)3(6,4(7,8)9)5(10,11)12/h1-2H3. The van der Waals surface area contributed by atoms with Crippen LogP contribution in [-0.2, 0) is 11.0 Å². The van der Waals surface area contributed by atoms with Gasteiger partial charge in [-0.1, -0.05) is 0 Å². The Kier molecular flexibility index (Phi) is 3.79. The van der Waals surface area contributed by atoms with Crippen LogP contribution >= 0.6 is 0 Å². The zero-order valence-corrected chi connectivity index (χ0v) is 8.23. The molecule has 15 heavy (non-hydrogen) atoms. The molecular weight excluding hydrogens is 255 g/mol. The van der Waals surface area contributed by atoms with Gasteiger partial charge in [-0.2, -0.15) is 26.3 Å². The minimum atomic E-state index is -6.29. The number of hydrogen-bond acceptors (Lipinski definition) is 1. The van der Waals surface area contributed by atoms with E-state index in [0.717, 1.165) is 0 Å². The number of alkyl halides is 7. The quantitative estimate of drug-likeness (QED) is 0.696. The Morgan fingerprint density at radius 1 is 0.867 bits per heavy atom. The van der Waals surface area contributed by atoms with Crippen molar-refractivity contribution in [1.29, 1.82) is 0 Å². The van der Waals surface area contributed by atoms with Crippen molar-refractivity contribution in [3.8, 4) is 0 Å². The van der Waals surface area contributed by atoms with Crippen LogP contribution in [0.2, 0.25) is 0 Å². The lowest BCUT2D eigenvalue weighted by Crippen LogP contribution is -2.58. The third-order valence-corrected chi connectivity index (χ3v) is 2.91. The zero-order chi connectivity index (χ0) is 12.7. The Balaban J connectivity index is 5.54. The fourth-order valence-electron chi connectivity index (χ4n) is 0.610. The van der Waals surface area contributed by atoms with Crippen LogP contribution in [0.1, 0.15) is 0 Å². The van der Waals surface area contributed by atoms with Gasteiger partial charge in [-0.05, 0) is 14.1 Å². The third-order valence-electron chi connectivity index (χ3n) is 1.30. The van der Waals surface area contributed by atoms with Gasteiger partial charge in [0.2, 0.25) is 0 Å². The highest BCUT2D eigenvalue weighted by molar-refractivity contribution is 7.84. The van der Waals surface area contributed by atoms with Crippen LogP contribution < -0.4 is 0 Å². The molecule has 0 aromatic rings. The molecular formula is C5H6F7NOS. The molecule has 0 bridgehead atoms. The molecule has 1 atom stereocenters. The normalized spacial score (nSPS) is 16.9. The van der Waals surface area contributed by atoms with E-state index in [9.17, 15) is 34.9 Å². The first kappa shape index (κ1) is 14.6. The lowest BCUT2D eigenvalue weighted by atomic mass is 10.3. The second-order valence-electron chi connectivity index (χ2n) is 2.65. The maximum absolute atomic E-state index is 12.9. The lowest BCUT2D eigenvalue weighted by molar-refractivity contribution is -0.305. The summed E-state index contributed by atoms with van der Waals surface area (Å²) in [7, 11) is -2.62. The van der Waals surface area contributed by atoms with E-state index in [1.807, 2.05) is 0 Å². The van der Waals surface area contributed by atoms with E-state index in [1.165, 1.54) is 0 Å². The summed E-state index contributed by atoms with van der Waals surface area (Å²) in [6.07, 6.45) is -12.6. The third kappa shape index (κ3) is 2.41. The topological polar surface area (TPSA) is 20.3 Å². The molecule has 92 valence electrons. The minimum Gasteiger partial charge on any atom is -0.239 e. The second-order valence-corrected chi connectivity index (χ2v) is 4.44. The molecule has 10 heteroatoms. The molecule has 0 saturated carbocycles. The summed E-state index contributed by atoms with van der Waals surface area (Å²) in [5.41, 5.74) is 0. The summed E-state index contributed by atoms with van der Waals surface area (Å²) in [6, 6.07) is 0. The zero-order valence-electron chi connectivity index (χ0n) is 7.41. The maximum atomic E-state index is 12.9. The summed E-state index contributed by atoms with van der Waals surface area (Å²) in [6.45, 7) is 0. The van der Waals surface area contributed by atoms with E-state index in [-0.39, 0.29) is 4.31 Å². The fourth-order valence-corrected chi connectivity index (χ4v) is 1.51. The van der Waals surface area contributed by atoms with Gasteiger partial charge in [0.15, 0.2) is 11.0 Å². The highest BCUT2D eigenvalue weighted by Crippen LogP contribution is 2.48. The van der Waals surface area contributed by atoms with Gasteiger partial charge in [0, 0.05) is 0 Å². The van der Waals surface area contributed by atoms with Gasteiger partial charge in [0.05, 0.1) is 0 Å². The molecule has 0 aromatic carbocycles. The van der Waals surface area contributed by atoms with Crippen LogP contribution in [0, 0.1) is 0 Å². The van der Waals surface area contributed by atoms with Crippen molar-refractivity contribution in [2.45, 2.75) is 17.4 Å². The number of rotatable bonds is 2. The first-order valence-electron chi connectivity index (χ1n) is 3.27. The number of nitrogens with zero attached hydrogens (tertiary/aromatic N) is 1. The van der Waals surface area contributed by atoms with Gasteiger partial charge in [0.25, 0.3) is 0 Å². The van der Waals surface area contributed by atoms with Gasteiger partial charge in [-0.3, -0.25) is 0 Å². The number of halogens is 7. The molecule has 0 radical (unpaired) electrons. The van der Waals surface area contributed by atoms with Gasteiger partial charge in [-0.25, -0.2) is 12.9 Å². The summed E-state index contributed by atoms with van der Waals surface area (Å²) < 4.78 is 94.9. The first-order chi connectivity index (χ1) is 6.35. The molecule has 2 nitrogen and oxygen atoms in total. The SMILES string of the molecule is CN(C)S(=O)C(F)(C(F)(F)F)C(F)(F)F. The highest BCUT2D eigenvalue weighted by atomic mass is 32.2. The van der Waals surface area contributed by atoms with E-state index in [0.29, 0.717) is 14.1 Å². The van der Waals surface area contributed by atoms with Crippen molar-refractivity contribution in [2.24, 2.45) is 0 Å². The molecule has 0 aliphatic carbocycles. The fraction of sp³-hybridized carbons (Fsp3) is 1.00. The van der Waals surface area contributed by atoms with Crippen molar-refractivity contribution in [3.05, 3.63) is 0 Å². The average Bonchev–Trinajstić information content (AvgIpc) is 1.96. The number of hydrogen-bond donors (Lipinski definition) is 0. The van der Waals surface area contributed by atoms with Gasteiger partial charge < -0.3 is 0 Å². The van der Waals surface area contributed by atoms with Crippen molar-refractivity contribution in [3.63, 3.8) is 0 Å². The van der Waals surface area contributed by atoms with Crippen LogP contribution in [-0.4, -0.2) is 40.0 Å². The Hall–Kier alpha value is -0.380. The van der Waals surface area contributed by atoms with Crippen LogP contribution in [0.25, 0.3) is 0 Å². The van der Waals surface area contributed by atoms with Gasteiger partial charge >= 0.3 is 17.4 Å². The van der Waals surface area contributed by atoms with Crippen LogP contribution in [0.15, 0.2) is 0 Å². The summed E-state index contributed by atoms with van der Waals surface area (Å²) in [4.78, 5) is 0. The van der Waals surface area contributed by atoms with Crippen LogP contribution in [0.3, 0.4) is 0 Å². The summed E-state index contributed by atoms with van der Waals surface area (Å²) in [5, 5.41) is -5.75. The van der Waals surface area contributed by atoms with Crippen molar-refractivity contribution in [1.82, 2.24) is 4.31 Å². The molecule has 0 spiro atoms. The van der Waals surface area contributed by atoms with E-state index in [2.05, 4.69) is 0 Å². The summed E-state index contributed by atoms with van der Waals surface area (Å²) >= 11 is 0. The molecule has 0 rings (SSSR count). The first-order valence-corrected chi connectivity index (χ1v) is 4.38. The second kappa shape index (κ2) is 3.89. The van der Waals surface area contributed by atoms with Gasteiger partial charge in [-0.15, -0.1) is 0 Å².